The molecule has 1 heterocycles. The first-order chi connectivity index (χ1) is 8.70. The van der Waals surface area contributed by atoms with Crippen LogP contribution < -0.4 is 9.64 Å². The second kappa shape index (κ2) is 5.54. The zero-order valence-electron chi connectivity index (χ0n) is 10.5. The van der Waals surface area contributed by atoms with Crippen LogP contribution in [-0.4, -0.2) is 26.0 Å². The Hall–Kier alpha value is -2.02. The summed E-state index contributed by atoms with van der Waals surface area (Å²) in [6.07, 6.45) is 2.02. The van der Waals surface area contributed by atoms with Crippen LogP contribution in [-0.2, 0) is 11.2 Å². The molecule has 0 amide bonds. The van der Waals surface area contributed by atoms with Crippen molar-refractivity contribution in [2.75, 3.05) is 25.1 Å². The number of hydrogen-bond donors (Lipinski definition) is 0. The van der Waals surface area contributed by atoms with E-state index in [-0.39, 0.29) is 18.7 Å². The molecule has 0 unspecified atom stereocenters. The van der Waals surface area contributed by atoms with Gasteiger partial charge in [0.05, 0.1) is 25.6 Å². The zero-order valence-corrected chi connectivity index (χ0v) is 10.5. The van der Waals surface area contributed by atoms with Gasteiger partial charge < -0.3 is 9.64 Å². The molecule has 0 fully saturated rings. The number of nitrogens with zero attached hydrogens (tertiary/aromatic N) is 2. The maximum Gasteiger partial charge on any atom is 0.166 e. The van der Waals surface area contributed by atoms with Crippen molar-refractivity contribution in [2.24, 2.45) is 0 Å². The molecule has 4 nitrogen and oxygen atoms in total. The number of carbonyl (C=O) groups excluding carboxylic acids is 1. The average molecular weight is 244 g/mol. The summed E-state index contributed by atoms with van der Waals surface area (Å²) in [6.45, 7) is 1.05. The predicted octanol–water partition coefficient (Wildman–Crippen LogP) is 1.93. The molecule has 1 aliphatic rings. The number of likely N-dealkylation sites (N-methyl/N-ethyl adjacent to an activating group) is 1. The van der Waals surface area contributed by atoms with Crippen molar-refractivity contribution >= 4 is 11.5 Å². The van der Waals surface area contributed by atoms with E-state index in [1.165, 1.54) is 5.56 Å². The number of hydrogen-bond acceptors (Lipinski definition) is 4. The average Bonchev–Trinajstić information content (AvgIpc) is 2.38. The number of aryl methyl sites for hydroxylation is 1. The van der Waals surface area contributed by atoms with Gasteiger partial charge in [0.1, 0.15) is 5.75 Å². The summed E-state index contributed by atoms with van der Waals surface area (Å²) < 4.78 is 5.55. The highest BCUT2D eigenvalue weighted by molar-refractivity contribution is 5.85. The normalized spacial score (nSPS) is 13.1. The van der Waals surface area contributed by atoms with E-state index >= 15 is 0 Å². The number of fused-ring (bicyclic) bond motifs is 1. The smallest absolute Gasteiger partial charge is 0.166 e. The van der Waals surface area contributed by atoms with Crippen molar-refractivity contribution in [3.05, 3.63) is 23.8 Å². The Balaban J connectivity index is 2.09. The summed E-state index contributed by atoms with van der Waals surface area (Å²) in [5.41, 5.74) is 2.18. The van der Waals surface area contributed by atoms with Gasteiger partial charge in [-0.25, -0.2) is 0 Å². The maximum atomic E-state index is 11.4. The summed E-state index contributed by atoms with van der Waals surface area (Å²) in [7, 11) is 1.86. The fraction of sp³-hybridized carbons (Fsp3) is 0.429. The van der Waals surface area contributed by atoms with Gasteiger partial charge >= 0.3 is 0 Å². The first-order valence-corrected chi connectivity index (χ1v) is 6.06. The van der Waals surface area contributed by atoms with Crippen molar-refractivity contribution in [3.8, 4) is 11.8 Å². The quantitative estimate of drug-likeness (QED) is 0.812. The fourth-order valence-corrected chi connectivity index (χ4v) is 2.08. The first-order valence-electron chi connectivity index (χ1n) is 6.06. The highest BCUT2D eigenvalue weighted by atomic mass is 16.5. The third-order valence-corrected chi connectivity index (χ3v) is 3.02. The van der Waals surface area contributed by atoms with Gasteiger partial charge in [0, 0.05) is 12.7 Å². The minimum atomic E-state index is -0.0611. The lowest BCUT2D eigenvalue weighted by Crippen LogP contribution is -2.25. The molecule has 0 N–H and O–H groups in total. The molecule has 1 aromatic rings. The molecule has 0 saturated carbocycles. The number of benzene rings is 1. The minimum absolute atomic E-state index is 0.0294. The van der Waals surface area contributed by atoms with Crippen LogP contribution in [0.2, 0.25) is 0 Å². The SMILES string of the molecule is CN(CC(=O)CC#N)c1ccc2c(c1)CCCO2. The van der Waals surface area contributed by atoms with E-state index in [1.807, 2.05) is 30.1 Å². The van der Waals surface area contributed by atoms with Gasteiger partial charge in [0.2, 0.25) is 0 Å². The van der Waals surface area contributed by atoms with Crippen LogP contribution in [0.1, 0.15) is 18.4 Å². The van der Waals surface area contributed by atoms with Crippen molar-refractivity contribution in [1.29, 1.82) is 5.26 Å². The number of anilines is 1. The summed E-state index contributed by atoms with van der Waals surface area (Å²) in [6, 6.07) is 7.84. The summed E-state index contributed by atoms with van der Waals surface area (Å²) in [5.74, 6) is 0.885. The van der Waals surface area contributed by atoms with Gasteiger partial charge in [-0.2, -0.15) is 5.26 Å². The van der Waals surface area contributed by atoms with Crippen LogP contribution in [0, 0.1) is 11.3 Å². The molecule has 0 radical (unpaired) electrons. The van der Waals surface area contributed by atoms with E-state index in [1.54, 1.807) is 0 Å². The Morgan fingerprint density at radius 3 is 3.17 bits per heavy atom. The van der Waals surface area contributed by atoms with Gasteiger partial charge in [-0.15, -0.1) is 0 Å². The van der Waals surface area contributed by atoms with Crippen LogP contribution in [0.3, 0.4) is 0 Å². The van der Waals surface area contributed by atoms with Crippen molar-refractivity contribution in [3.63, 3.8) is 0 Å². The monoisotopic (exact) mass is 244 g/mol. The van der Waals surface area contributed by atoms with Gasteiger partial charge in [0.25, 0.3) is 0 Å². The molecule has 0 aromatic heterocycles. The van der Waals surface area contributed by atoms with E-state index in [2.05, 4.69) is 6.07 Å². The van der Waals surface area contributed by atoms with Gasteiger partial charge in [0.15, 0.2) is 5.78 Å². The maximum absolute atomic E-state index is 11.4. The lowest BCUT2D eigenvalue weighted by Gasteiger charge is -2.22. The van der Waals surface area contributed by atoms with Crippen molar-refractivity contribution in [1.82, 2.24) is 0 Å². The lowest BCUT2D eigenvalue weighted by molar-refractivity contribution is -0.116. The number of carbonyl (C=O) groups is 1. The fourth-order valence-electron chi connectivity index (χ4n) is 2.08. The molecule has 0 spiro atoms. The summed E-state index contributed by atoms with van der Waals surface area (Å²) >= 11 is 0. The number of rotatable bonds is 4. The predicted molar refractivity (Wildman–Crippen MR) is 68.8 cm³/mol. The molecule has 1 aromatic carbocycles. The van der Waals surface area contributed by atoms with Crippen LogP contribution in [0.15, 0.2) is 18.2 Å². The van der Waals surface area contributed by atoms with E-state index in [0.717, 1.165) is 30.9 Å². The highest BCUT2D eigenvalue weighted by Gasteiger charge is 2.13. The Labute approximate surface area is 107 Å². The third-order valence-electron chi connectivity index (χ3n) is 3.02. The van der Waals surface area contributed by atoms with Crippen LogP contribution in [0.5, 0.6) is 5.75 Å². The van der Waals surface area contributed by atoms with E-state index in [9.17, 15) is 4.79 Å². The Morgan fingerprint density at radius 2 is 2.39 bits per heavy atom. The molecule has 2 rings (SSSR count). The van der Waals surface area contributed by atoms with Gasteiger partial charge in [-0.05, 0) is 36.6 Å². The van der Waals surface area contributed by atoms with Crippen LogP contribution in [0.4, 0.5) is 5.69 Å². The Bertz CT molecular complexity index is 491. The second-order valence-electron chi connectivity index (χ2n) is 4.47. The number of ether oxygens (including phenoxy) is 1. The van der Waals surface area contributed by atoms with Gasteiger partial charge in [-0.1, -0.05) is 0 Å². The van der Waals surface area contributed by atoms with Crippen LogP contribution >= 0.6 is 0 Å². The van der Waals surface area contributed by atoms with Gasteiger partial charge in [-0.3, -0.25) is 4.79 Å². The first kappa shape index (κ1) is 12.4. The van der Waals surface area contributed by atoms with E-state index < -0.39 is 0 Å². The number of ketones is 1. The minimum Gasteiger partial charge on any atom is -0.493 e. The Kier molecular flexibility index (Phi) is 3.83. The Morgan fingerprint density at radius 1 is 1.56 bits per heavy atom. The summed E-state index contributed by atoms with van der Waals surface area (Å²) in [5, 5.41) is 8.47. The van der Waals surface area contributed by atoms with Crippen LogP contribution in [0.25, 0.3) is 0 Å². The van der Waals surface area contributed by atoms with E-state index in [0.29, 0.717) is 0 Å². The van der Waals surface area contributed by atoms with Crippen molar-refractivity contribution in [2.45, 2.75) is 19.3 Å². The second-order valence-corrected chi connectivity index (χ2v) is 4.47. The van der Waals surface area contributed by atoms with Crippen molar-refractivity contribution < 1.29 is 9.53 Å². The molecule has 0 saturated heterocycles. The standard InChI is InChI=1S/C14H16N2O2/c1-16(10-13(17)6-7-15)12-4-5-14-11(9-12)3-2-8-18-14/h4-5,9H,2-3,6,8,10H2,1H3. The lowest BCUT2D eigenvalue weighted by atomic mass is 10.1. The number of nitriles is 1. The molecule has 4 heteroatoms. The molecule has 0 bridgehead atoms. The summed E-state index contributed by atoms with van der Waals surface area (Å²) in [4.78, 5) is 13.3. The highest BCUT2D eigenvalue weighted by Crippen LogP contribution is 2.28. The molecule has 94 valence electrons. The molecule has 1 aliphatic heterocycles. The molecule has 18 heavy (non-hydrogen) atoms. The molecular weight excluding hydrogens is 228 g/mol. The largest absolute Gasteiger partial charge is 0.493 e. The van der Waals surface area contributed by atoms with E-state index in [4.69, 9.17) is 10.00 Å². The zero-order chi connectivity index (χ0) is 13.0. The third kappa shape index (κ3) is 2.80. The molecular formula is C14H16N2O2. The number of Topliss-reactive ketones (excluding diaryl/α,β-unsaturated/α-hetero) is 1. The molecule has 0 atom stereocenters. The molecule has 0 aliphatic carbocycles. The topological polar surface area (TPSA) is 53.3 Å².